The first-order valence-corrected chi connectivity index (χ1v) is 8.49. The van der Waals surface area contributed by atoms with E-state index in [1.807, 2.05) is 49.7 Å². The van der Waals surface area contributed by atoms with Crippen LogP contribution in [0.1, 0.15) is 68.8 Å². The van der Waals surface area contributed by atoms with Gasteiger partial charge in [-0.05, 0) is 42.5 Å². The molecule has 1 aromatic heterocycles. The molecule has 1 unspecified atom stereocenters. The van der Waals surface area contributed by atoms with Crippen LogP contribution < -0.4 is 0 Å². The van der Waals surface area contributed by atoms with Crippen LogP contribution in [-0.4, -0.2) is 20.7 Å². The predicted octanol–water partition coefficient (Wildman–Crippen LogP) is 4.11. The average Bonchev–Trinajstić information content (AvgIpc) is 2.88. The number of ketones is 1. The van der Waals surface area contributed by atoms with Gasteiger partial charge in [0.2, 0.25) is 0 Å². The molecule has 0 radical (unpaired) electrons. The van der Waals surface area contributed by atoms with E-state index in [-0.39, 0.29) is 16.6 Å². The summed E-state index contributed by atoms with van der Waals surface area (Å²) in [5.74, 6) is 0.132. The highest BCUT2D eigenvalue weighted by Gasteiger charge is 2.34. The molecule has 128 valence electrons. The van der Waals surface area contributed by atoms with Crippen LogP contribution in [0, 0.1) is 10.8 Å². The van der Waals surface area contributed by atoms with Gasteiger partial charge in [0.05, 0.1) is 23.7 Å². The van der Waals surface area contributed by atoms with Crippen molar-refractivity contribution >= 4 is 5.78 Å². The van der Waals surface area contributed by atoms with Crippen LogP contribution in [0.3, 0.4) is 0 Å². The Labute approximate surface area is 143 Å². The minimum Gasteiger partial charge on any atom is -0.388 e. The van der Waals surface area contributed by atoms with Gasteiger partial charge in [-0.1, -0.05) is 34.6 Å². The summed E-state index contributed by atoms with van der Waals surface area (Å²) in [6.45, 7) is 10.1. The molecule has 4 nitrogen and oxygen atoms in total. The zero-order chi connectivity index (χ0) is 17.7. The van der Waals surface area contributed by atoms with Gasteiger partial charge in [-0.15, -0.1) is 0 Å². The van der Waals surface area contributed by atoms with Crippen LogP contribution in [0.15, 0.2) is 30.5 Å². The number of carbonyl (C=O) groups excluding carboxylic acids is 1. The quantitative estimate of drug-likeness (QED) is 0.845. The van der Waals surface area contributed by atoms with Crippen molar-refractivity contribution < 1.29 is 9.90 Å². The summed E-state index contributed by atoms with van der Waals surface area (Å²) in [6, 6.07) is 7.59. The summed E-state index contributed by atoms with van der Waals surface area (Å²) >= 11 is 0. The number of hydrogen-bond acceptors (Lipinski definition) is 3. The Morgan fingerprint density at radius 2 is 1.88 bits per heavy atom. The van der Waals surface area contributed by atoms with Crippen molar-refractivity contribution in [3.05, 3.63) is 47.3 Å². The molecule has 1 aliphatic rings. The molecule has 1 N–H and O–H groups in total. The van der Waals surface area contributed by atoms with E-state index in [1.54, 1.807) is 6.20 Å². The molecule has 1 heterocycles. The number of aliphatic hydroxyl groups excluding tert-OH is 1. The molecule has 0 amide bonds. The molecule has 0 bridgehead atoms. The Balaban J connectivity index is 1.96. The third-order valence-electron chi connectivity index (χ3n) is 4.71. The largest absolute Gasteiger partial charge is 0.388 e. The number of aromatic nitrogens is 2. The molecule has 0 saturated carbocycles. The van der Waals surface area contributed by atoms with E-state index in [1.165, 1.54) is 0 Å². The van der Waals surface area contributed by atoms with E-state index in [2.05, 4.69) is 18.9 Å². The Bertz CT molecular complexity index is 764. The van der Waals surface area contributed by atoms with E-state index in [0.29, 0.717) is 5.56 Å². The van der Waals surface area contributed by atoms with Crippen LogP contribution >= 0.6 is 0 Å². The van der Waals surface area contributed by atoms with Crippen LogP contribution in [0.25, 0.3) is 5.69 Å². The molecule has 2 aromatic rings. The van der Waals surface area contributed by atoms with Crippen molar-refractivity contribution in [2.45, 2.75) is 53.6 Å². The Morgan fingerprint density at radius 1 is 1.25 bits per heavy atom. The second-order valence-corrected chi connectivity index (χ2v) is 8.65. The lowest BCUT2D eigenvalue weighted by Crippen LogP contribution is -2.26. The summed E-state index contributed by atoms with van der Waals surface area (Å²) in [4.78, 5) is 12.4. The van der Waals surface area contributed by atoms with Gasteiger partial charge in [-0.3, -0.25) is 4.79 Å². The molecule has 4 heteroatoms. The number of Topliss-reactive ketones (excluding diaryl/α,β-unsaturated/α-hetero) is 1. The number of rotatable bonds is 2. The minimum absolute atomic E-state index is 0.0480. The maximum absolute atomic E-state index is 12.4. The summed E-state index contributed by atoms with van der Waals surface area (Å²) in [5, 5.41) is 14.8. The monoisotopic (exact) mass is 326 g/mol. The van der Waals surface area contributed by atoms with E-state index in [0.717, 1.165) is 29.8 Å². The van der Waals surface area contributed by atoms with Crippen molar-refractivity contribution in [1.82, 2.24) is 9.78 Å². The number of fused-ring (bicyclic) bond motifs is 1. The highest BCUT2D eigenvalue weighted by atomic mass is 16.3. The fraction of sp³-hybridized carbons (Fsp3) is 0.500. The number of hydrogen-bond donors (Lipinski definition) is 1. The van der Waals surface area contributed by atoms with Gasteiger partial charge >= 0.3 is 0 Å². The summed E-state index contributed by atoms with van der Waals surface area (Å²) in [7, 11) is 0. The molecule has 3 rings (SSSR count). The fourth-order valence-corrected chi connectivity index (χ4v) is 3.41. The molecule has 1 atom stereocenters. The van der Waals surface area contributed by atoms with Gasteiger partial charge in [0.25, 0.3) is 0 Å². The third-order valence-corrected chi connectivity index (χ3v) is 4.71. The van der Waals surface area contributed by atoms with Gasteiger partial charge in [0.15, 0.2) is 5.78 Å². The normalized spacial score (nSPS) is 19.8. The van der Waals surface area contributed by atoms with Gasteiger partial charge < -0.3 is 5.11 Å². The van der Waals surface area contributed by atoms with Crippen LogP contribution in [-0.2, 0) is 6.42 Å². The van der Waals surface area contributed by atoms with E-state index >= 15 is 0 Å². The van der Waals surface area contributed by atoms with Crippen molar-refractivity contribution in [3.8, 4) is 5.69 Å². The summed E-state index contributed by atoms with van der Waals surface area (Å²) < 4.78 is 1.89. The SMILES string of the molecule is CC1(C)Cc2c(cnn2-c2ccc(C(=O)C(C)(C)C)cc2)C(O)C1. The van der Waals surface area contributed by atoms with Crippen molar-refractivity contribution in [3.63, 3.8) is 0 Å². The van der Waals surface area contributed by atoms with Gasteiger partial charge in [0, 0.05) is 16.5 Å². The molecule has 0 spiro atoms. The van der Waals surface area contributed by atoms with Gasteiger partial charge in [0.1, 0.15) is 0 Å². The standard InChI is InChI=1S/C20H26N2O2/c1-19(2,3)18(24)13-6-8-14(9-7-13)22-16-10-20(4,5)11-17(23)15(16)12-21-22/h6-9,12,17,23H,10-11H2,1-5H3. The Hall–Kier alpha value is -1.94. The fourth-order valence-electron chi connectivity index (χ4n) is 3.41. The van der Waals surface area contributed by atoms with E-state index in [4.69, 9.17) is 0 Å². The van der Waals surface area contributed by atoms with Crippen molar-refractivity contribution in [1.29, 1.82) is 0 Å². The molecule has 0 aliphatic heterocycles. The molecule has 0 saturated heterocycles. The topological polar surface area (TPSA) is 55.1 Å². The second kappa shape index (κ2) is 5.55. The first-order chi connectivity index (χ1) is 11.1. The Morgan fingerprint density at radius 3 is 2.46 bits per heavy atom. The first-order valence-electron chi connectivity index (χ1n) is 8.49. The smallest absolute Gasteiger partial charge is 0.168 e. The molecule has 0 fully saturated rings. The zero-order valence-corrected chi connectivity index (χ0v) is 15.1. The molecular weight excluding hydrogens is 300 g/mol. The van der Waals surface area contributed by atoms with Crippen LogP contribution in [0.2, 0.25) is 0 Å². The second-order valence-electron chi connectivity index (χ2n) is 8.65. The van der Waals surface area contributed by atoms with Crippen LogP contribution in [0.5, 0.6) is 0 Å². The lowest BCUT2D eigenvalue weighted by Gasteiger charge is -2.33. The molecule has 24 heavy (non-hydrogen) atoms. The molecule has 1 aliphatic carbocycles. The maximum atomic E-state index is 12.4. The van der Waals surface area contributed by atoms with Crippen molar-refractivity contribution in [2.75, 3.05) is 0 Å². The summed E-state index contributed by atoms with van der Waals surface area (Å²) in [5.41, 5.74) is 3.28. The lowest BCUT2D eigenvalue weighted by atomic mass is 9.75. The average molecular weight is 326 g/mol. The maximum Gasteiger partial charge on any atom is 0.168 e. The highest BCUT2D eigenvalue weighted by molar-refractivity contribution is 5.99. The number of nitrogens with zero attached hydrogens (tertiary/aromatic N) is 2. The minimum atomic E-state index is -0.459. The predicted molar refractivity (Wildman–Crippen MR) is 94.4 cm³/mol. The molecule has 1 aromatic carbocycles. The number of benzene rings is 1. The zero-order valence-electron chi connectivity index (χ0n) is 15.1. The van der Waals surface area contributed by atoms with Crippen LogP contribution in [0.4, 0.5) is 0 Å². The third kappa shape index (κ3) is 3.03. The van der Waals surface area contributed by atoms with Gasteiger partial charge in [-0.25, -0.2) is 4.68 Å². The van der Waals surface area contributed by atoms with E-state index in [9.17, 15) is 9.90 Å². The number of aliphatic hydroxyl groups is 1. The van der Waals surface area contributed by atoms with Crippen molar-refractivity contribution in [2.24, 2.45) is 10.8 Å². The van der Waals surface area contributed by atoms with Gasteiger partial charge in [-0.2, -0.15) is 5.10 Å². The first kappa shape index (κ1) is 16.9. The van der Waals surface area contributed by atoms with E-state index < -0.39 is 6.10 Å². The highest BCUT2D eigenvalue weighted by Crippen LogP contribution is 2.41. The lowest BCUT2D eigenvalue weighted by molar-refractivity contribution is 0.0858. The molecular formula is C20H26N2O2. The number of carbonyl (C=O) groups is 1. The summed E-state index contributed by atoms with van der Waals surface area (Å²) in [6.07, 6.45) is 2.94. The Kier molecular flexibility index (Phi) is 3.91.